The van der Waals surface area contributed by atoms with Gasteiger partial charge in [0.2, 0.25) is 15.9 Å². The van der Waals surface area contributed by atoms with Crippen molar-refractivity contribution in [3.8, 4) is 5.88 Å². The molecule has 22 heavy (non-hydrogen) atoms. The summed E-state index contributed by atoms with van der Waals surface area (Å²) in [6, 6.07) is 0. The van der Waals surface area contributed by atoms with Crippen LogP contribution in [0, 0.1) is 13.8 Å². The Balaban J connectivity index is 1.75. The molecule has 8 nitrogen and oxygen atoms in total. The minimum absolute atomic E-state index is 0.223. The summed E-state index contributed by atoms with van der Waals surface area (Å²) in [7, 11) is -3.56. The van der Waals surface area contributed by atoms with Gasteiger partial charge in [0, 0.05) is 18.9 Å². The molecular formula is C13H17N5O3S. The highest BCUT2D eigenvalue weighted by atomic mass is 32.2. The summed E-state index contributed by atoms with van der Waals surface area (Å²) >= 11 is 0. The van der Waals surface area contributed by atoms with Crippen molar-refractivity contribution in [3.63, 3.8) is 0 Å². The van der Waals surface area contributed by atoms with E-state index in [4.69, 9.17) is 4.74 Å². The first-order valence-corrected chi connectivity index (χ1v) is 8.37. The second-order valence-corrected chi connectivity index (χ2v) is 7.07. The van der Waals surface area contributed by atoms with Crippen molar-refractivity contribution >= 4 is 10.0 Å². The van der Waals surface area contributed by atoms with Crippen LogP contribution in [0.5, 0.6) is 5.88 Å². The van der Waals surface area contributed by atoms with Crippen molar-refractivity contribution in [2.24, 2.45) is 0 Å². The predicted molar refractivity (Wildman–Crippen MR) is 77.9 cm³/mol. The van der Waals surface area contributed by atoms with Crippen LogP contribution in [0.25, 0.3) is 0 Å². The monoisotopic (exact) mass is 323 g/mol. The van der Waals surface area contributed by atoms with Crippen molar-refractivity contribution in [1.82, 2.24) is 24.5 Å². The average molecular weight is 323 g/mol. The maximum Gasteiger partial charge on any atom is 0.246 e. The molecule has 0 radical (unpaired) electrons. The molecule has 2 aromatic heterocycles. The maximum atomic E-state index is 12.7. The fourth-order valence-electron chi connectivity index (χ4n) is 2.58. The van der Waals surface area contributed by atoms with Crippen molar-refractivity contribution in [2.75, 3.05) is 13.1 Å². The Morgan fingerprint density at radius 2 is 2.18 bits per heavy atom. The molecule has 1 atom stereocenters. The molecule has 2 aromatic rings. The molecule has 0 aromatic carbocycles. The first kappa shape index (κ1) is 14.9. The van der Waals surface area contributed by atoms with Gasteiger partial charge in [0.05, 0.1) is 24.1 Å². The molecule has 3 rings (SSSR count). The third kappa shape index (κ3) is 2.69. The Morgan fingerprint density at radius 3 is 2.82 bits per heavy atom. The minimum atomic E-state index is -3.56. The van der Waals surface area contributed by atoms with Crippen LogP contribution < -0.4 is 4.74 Å². The van der Waals surface area contributed by atoms with Crippen LogP contribution >= 0.6 is 0 Å². The lowest BCUT2D eigenvalue weighted by Gasteiger charge is -2.17. The second-order valence-electron chi connectivity index (χ2n) is 5.20. The Morgan fingerprint density at radius 1 is 1.36 bits per heavy atom. The number of nitrogens with one attached hydrogen (secondary N) is 1. The largest absolute Gasteiger partial charge is 0.472 e. The van der Waals surface area contributed by atoms with Crippen LogP contribution in [0.1, 0.15) is 17.8 Å². The van der Waals surface area contributed by atoms with E-state index in [0.29, 0.717) is 36.8 Å². The fourth-order valence-corrected chi connectivity index (χ4v) is 4.40. The molecule has 0 saturated carbocycles. The van der Waals surface area contributed by atoms with Crippen LogP contribution in [0.3, 0.4) is 0 Å². The SMILES string of the molecule is Cc1n[nH]c(C)c1S(=O)(=O)N1CCC(Oc2cnccn2)C1. The molecule has 1 unspecified atom stereocenters. The topological polar surface area (TPSA) is 101 Å². The van der Waals surface area contributed by atoms with E-state index in [0.717, 1.165) is 0 Å². The lowest BCUT2D eigenvalue weighted by atomic mass is 10.3. The van der Waals surface area contributed by atoms with Crippen molar-refractivity contribution in [3.05, 3.63) is 30.0 Å². The summed E-state index contributed by atoms with van der Waals surface area (Å²) in [5, 5.41) is 6.67. The Bertz CT molecular complexity index is 740. The van der Waals surface area contributed by atoms with Crippen LogP contribution in [0.15, 0.2) is 23.5 Å². The number of H-pyrrole nitrogens is 1. The Labute approximate surface area is 128 Å². The number of nitrogens with zero attached hydrogens (tertiary/aromatic N) is 4. The predicted octanol–water partition coefficient (Wildman–Crippen LogP) is 0.659. The highest BCUT2D eigenvalue weighted by Crippen LogP contribution is 2.26. The van der Waals surface area contributed by atoms with Gasteiger partial charge in [-0.2, -0.15) is 9.40 Å². The van der Waals surface area contributed by atoms with E-state index < -0.39 is 10.0 Å². The highest BCUT2D eigenvalue weighted by Gasteiger charge is 2.36. The van der Waals surface area contributed by atoms with E-state index in [2.05, 4.69) is 20.2 Å². The summed E-state index contributed by atoms with van der Waals surface area (Å²) in [5.74, 6) is 0.405. The molecule has 118 valence electrons. The molecule has 1 saturated heterocycles. The zero-order chi connectivity index (χ0) is 15.7. The lowest BCUT2D eigenvalue weighted by molar-refractivity contribution is 0.206. The van der Waals surface area contributed by atoms with E-state index >= 15 is 0 Å². The molecular weight excluding hydrogens is 306 g/mol. The van der Waals surface area contributed by atoms with Gasteiger partial charge >= 0.3 is 0 Å². The molecule has 1 fully saturated rings. The molecule has 9 heteroatoms. The van der Waals surface area contributed by atoms with E-state index in [9.17, 15) is 8.42 Å². The molecule has 0 bridgehead atoms. The average Bonchev–Trinajstić information content (AvgIpc) is 3.08. The van der Waals surface area contributed by atoms with Gasteiger partial charge < -0.3 is 4.74 Å². The normalized spacial score (nSPS) is 19.5. The van der Waals surface area contributed by atoms with E-state index in [-0.39, 0.29) is 11.0 Å². The van der Waals surface area contributed by atoms with Crippen LogP contribution in [-0.4, -0.2) is 52.1 Å². The first-order chi connectivity index (χ1) is 10.5. The number of aromatic amines is 1. The Kier molecular flexibility index (Phi) is 3.83. The van der Waals surface area contributed by atoms with Crippen molar-refractivity contribution < 1.29 is 13.2 Å². The number of hydrogen-bond donors (Lipinski definition) is 1. The summed E-state index contributed by atoms with van der Waals surface area (Å²) < 4.78 is 32.5. The molecule has 0 spiro atoms. The summed E-state index contributed by atoms with van der Waals surface area (Å²) in [5.41, 5.74) is 1.03. The standard InChI is InChI=1S/C13H17N5O3S/c1-9-13(10(2)17-16-9)22(19,20)18-6-3-11(8-18)21-12-7-14-4-5-15-12/h4-5,7,11H,3,6,8H2,1-2H3,(H,16,17). The van der Waals surface area contributed by atoms with Gasteiger partial charge in [-0.3, -0.25) is 10.1 Å². The number of hydrogen-bond acceptors (Lipinski definition) is 6. The third-order valence-electron chi connectivity index (χ3n) is 3.59. The van der Waals surface area contributed by atoms with Crippen LogP contribution in [0.4, 0.5) is 0 Å². The second kappa shape index (κ2) is 5.65. The van der Waals surface area contributed by atoms with Gasteiger partial charge in [0.15, 0.2) is 0 Å². The van der Waals surface area contributed by atoms with Gasteiger partial charge in [-0.05, 0) is 20.3 Å². The minimum Gasteiger partial charge on any atom is -0.472 e. The molecule has 3 heterocycles. The summed E-state index contributed by atoms with van der Waals surface area (Å²) in [4.78, 5) is 8.22. The lowest BCUT2D eigenvalue weighted by Crippen LogP contribution is -2.31. The zero-order valence-corrected chi connectivity index (χ0v) is 13.2. The number of rotatable bonds is 4. The smallest absolute Gasteiger partial charge is 0.246 e. The van der Waals surface area contributed by atoms with Gasteiger partial charge in [0.1, 0.15) is 11.0 Å². The third-order valence-corrected chi connectivity index (χ3v) is 5.72. The van der Waals surface area contributed by atoms with E-state index in [1.807, 2.05) is 0 Å². The van der Waals surface area contributed by atoms with Crippen molar-refractivity contribution in [1.29, 1.82) is 0 Å². The molecule has 1 N–H and O–H groups in total. The van der Waals surface area contributed by atoms with Gasteiger partial charge in [-0.25, -0.2) is 13.4 Å². The summed E-state index contributed by atoms with van der Waals surface area (Å²) in [6.45, 7) is 4.09. The highest BCUT2D eigenvalue weighted by molar-refractivity contribution is 7.89. The quantitative estimate of drug-likeness (QED) is 0.887. The first-order valence-electron chi connectivity index (χ1n) is 6.93. The van der Waals surface area contributed by atoms with E-state index in [1.54, 1.807) is 20.0 Å². The zero-order valence-electron chi connectivity index (χ0n) is 12.4. The van der Waals surface area contributed by atoms with E-state index in [1.165, 1.54) is 16.7 Å². The number of aromatic nitrogens is 4. The van der Waals surface area contributed by atoms with Gasteiger partial charge in [-0.1, -0.05) is 0 Å². The molecule has 0 aliphatic carbocycles. The number of sulfonamides is 1. The van der Waals surface area contributed by atoms with Gasteiger partial charge in [0.25, 0.3) is 0 Å². The Hall–Kier alpha value is -2.00. The number of aryl methyl sites for hydroxylation is 2. The number of ether oxygens (including phenoxy) is 1. The molecule has 1 aliphatic rings. The van der Waals surface area contributed by atoms with Gasteiger partial charge in [-0.15, -0.1) is 0 Å². The van der Waals surface area contributed by atoms with Crippen LogP contribution in [-0.2, 0) is 10.0 Å². The molecule has 0 amide bonds. The summed E-state index contributed by atoms with van der Waals surface area (Å²) in [6.07, 6.45) is 5.01. The molecule has 1 aliphatic heterocycles. The van der Waals surface area contributed by atoms with Crippen molar-refractivity contribution in [2.45, 2.75) is 31.3 Å². The van der Waals surface area contributed by atoms with Crippen LogP contribution in [0.2, 0.25) is 0 Å². The maximum absolute atomic E-state index is 12.7. The fraction of sp³-hybridized carbons (Fsp3) is 0.462.